The molecule has 2 aromatic carbocycles. The van der Waals surface area contributed by atoms with Gasteiger partial charge in [-0.2, -0.15) is 4.31 Å². The average Bonchev–Trinajstić information content (AvgIpc) is 3.21. The Kier molecular flexibility index (Phi) is 6.86. The Bertz CT molecular complexity index is 1110. The molecule has 0 bridgehead atoms. The maximum Gasteiger partial charge on any atom is 0.243 e. The third kappa shape index (κ3) is 5.12. The molecule has 1 N–H and O–H groups in total. The minimum atomic E-state index is -3.53. The molecule has 7 nitrogen and oxygen atoms in total. The summed E-state index contributed by atoms with van der Waals surface area (Å²) in [5.74, 6) is -0.224. The summed E-state index contributed by atoms with van der Waals surface area (Å²) in [6.45, 7) is 5.62. The van der Waals surface area contributed by atoms with Crippen molar-refractivity contribution in [3.05, 3.63) is 54.1 Å². The fourth-order valence-electron chi connectivity index (χ4n) is 4.37. The minimum Gasteiger partial charge on any atom is -0.326 e. The molecule has 0 radical (unpaired) electrons. The van der Waals surface area contributed by atoms with Crippen LogP contribution in [0.3, 0.4) is 0 Å². The molecule has 2 saturated heterocycles. The first kappa shape index (κ1) is 23.4. The third-order valence-electron chi connectivity index (χ3n) is 6.65. The first-order valence-corrected chi connectivity index (χ1v) is 13.0. The zero-order valence-corrected chi connectivity index (χ0v) is 20.0. The van der Waals surface area contributed by atoms with Gasteiger partial charge in [0.1, 0.15) is 0 Å². The molecule has 1 unspecified atom stereocenters. The van der Waals surface area contributed by atoms with Crippen molar-refractivity contribution in [1.82, 2.24) is 4.31 Å². The summed E-state index contributed by atoms with van der Waals surface area (Å²) in [6, 6.07) is 14.1. The summed E-state index contributed by atoms with van der Waals surface area (Å²) in [5.41, 5.74) is 2.51. The summed E-state index contributed by atoms with van der Waals surface area (Å²) in [6.07, 6.45) is 2.82. The number of nitrogens with zero attached hydrogens (tertiary/aromatic N) is 2. The van der Waals surface area contributed by atoms with Gasteiger partial charge in [0.15, 0.2) is 0 Å². The number of piperidine rings is 1. The van der Waals surface area contributed by atoms with Crippen molar-refractivity contribution in [2.75, 3.05) is 29.9 Å². The van der Waals surface area contributed by atoms with Crippen molar-refractivity contribution >= 4 is 33.2 Å². The van der Waals surface area contributed by atoms with Gasteiger partial charge in [-0.05, 0) is 67.1 Å². The Hall–Kier alpha value is -2.71. The highest BCUT2D eigenvalue weighted by Gasteiger charge is 2.35. The lowest BCUT2D eigenvalue weighted by Crippen LogP contribution is -2.37. The molecule has 176 valence electrons. The smallest absolute Gasteiger partial charge is 0.243 e. The highest BCUT2D eigenvalue weighted by Crippen LogP contribution is 2.28. The number of nitrogens with one attached hydrogen (secondary N) is 1. The molecule has 2 aromatic rings. The van der Waals surface area contributed by atoms with Crippen molar-refractivity contribution in [3.63, 3.8) is 0 Å². The van der Waals surface area contributed by atoms with Gasteiger partial charge in [-0.1, -0.05) is 26.0 Å². The largest absolute Gasteiger partial charge is 0.326 e. The standard InChI is InChI=1S/C25H31N3O4S/c1-3-19-4-8-22(9-5-19)28-17-20(16-24(28)29)25(30)26-21-6-10-23(11-7-21)33(31,32)27-14-12-18(2)13-15-27/h4-11,18,20H,3,12-17H2,1-2H3,(H,26,30). The molecule has 8 heteroatoms. The monoisotopic (exact) mass is 469 g/mol. The average molecular weight is 470 g/mol. The van der Waals surface area contributed by atoms with Gasteiger partial charge in [-0.15, -0.1) is 0 Å². The molecule has 2 aliphatic heterocycles. The van der Waals surface area contributed by atoms with Crippen LogP contribution in [0.1, 0.15) is 38.7 Å². The number of aryl methyl sites for hydroxylation is 1. The molecule has 2 heterocycles. The van der Waals surface area contributed by atoms with Crippen LogP contribution in [0.4, 0.5) is 11.4 Å². The van der Waals surface area contributed by atoms with Gasteiger partial charge in [-0.3, -0.25) is 9.59 Å². The lowest BCUT2D eigenvalue weighted by atomic mass is 10.0. The molecule has 0 aromatic heterocycles. The number of hydrogen-bond acceptors (Lipinski definition) is 4. The molecule has 1 atom stereocenters. The fraction of sp³-hybridized carbons (Fsp3) is 0.440. The van der Waals surface area contributed by atoms with Crippen LogP contribution in [0.15, 0.2) is 53.4 Å². The normalized spacial score (nSPS) is 20.2. The maximum absolute atomic E-state index is 12.9. The van der Waals surface area contributed by atoms with E-state index in [1.165, 1.54) is 22.0 Å². The maximum atomic E-state index is 12.9. The van der Waals surface area contributed by atoms with E-state index in [4.69, 9.17) is 0 Å². The van der Waals surface area contributed by atoms with Crippen molar-refractivity contribution in [1.29, 1.82) is 0 Å². The van der Waals surface area contributed by atoms with E-state index in [9.17, 15) is 18.0 Å². The second kappa shape index (κ2) is 9.65. The molecule has 2 amide bonds. The Morgan fingerprint density at radius 3 is 2.27 bits per heavy atom. The number of carbonyl (C=O) groups is 2. The number of sulfonamides is 1. The molecule has 33 heavy (non-hydrogen) atoms. The number of amides is 2. The van der Waals surface area contributed by atoms with Gasteiger partial charge in [0.05, 0.1) is 10.8 Å². The zero-order chi connectivity index (χ0) is 23.6. The van der Waals surface area contributed by atoms with E-state index in [-0.39, 0.29) is 23.1 Å². The number of rotatable bonds is 6. The van der Waals surface area contributed by atoms with Crippen LogP contribution in [0.25, 0.3) is 0 Å². The van der Waals surface area contributed by atoms with E-state index in [2.05, 4.69) is 19.2 Å². The van der Waals surface area contributed by atoms with E-state index in [0.717, 1.165) is 24.9 Å². The van der Waals surface area contributed by atoms with Gasteiger partial charge in [0.2, 0.25) is 21.8 Å². The topological polar surface area (TPSA) is 86.8 Å². The SMILES string of the molecule is CCc1ccc(N2CC(C(=O)Nc3ccc(S(=O)(=O)N4CCC(C)CC4)cc3)CC2=O)cc1. The highest BCUT2D eigenvalue weighted by atomic mass is 32.2. The zero-order valence-electron chi connectivity index (χ0n) is 19.2. The predicted octanol–water partition coefficient (Wildman–Crippen LogP) is 3.66. The summed E-state index contributed by atoms with van der Waals surface area (Å²) < 4.78 is 27.3. The predicted molar refractivity (Wildman–Crippen MR) is 129 cm³/mol. The van der Waals surface area contributed by atoms with Crippen molar-refractivity contribution in [3.8, 4) is 0 Å². The van der Waals surface area contributed by atoms with Crippen molar-refractivity contribution in [2.45, 2.75) is 44.4 Å². The van der Waals surface area contributed by atoms with E-state index in [1.54, 1.807) is 17.0 Å². The van der Waals surface area contributed by atoms with Crippen LogP contribution in [-0.2, 0) is 26.0 Å². The highest BCUT2D eigenvalue weighted by molar-refractivity contribution is 7.89. The van der Waals surface area contributed by atoms with Crippen LogP contribution in [0.2, 0.25) is 0 Å². The van der Waals surface area contributed by atoms with Crippen molar-refractivity contribution < 1.29 is 18.0 Å². The summed E-state index contributed by atoms with van der Waals surface area (Å²) in [4.78, 5) is 27.2. The minimum absolute atomic E-state index is 0.0725. The number of anilines is 2. The Morgan fingerprint density at radius 1 is 1.03 bits per heavy atom. The van der Waals surface area contributed by atoms with Gasteiger partial charge < -0.3 is 10.2 Å². The Labute approximate surface area is 195 Å². The second-order valence-electron chi connectivity index (χ2n) is 9.03. The first-order valence-electron chi connectivity index (χ1n) is 11.6. The van der Waals surface area contributed by atoms with Crippen LogP contribution >= 0.6 is 0 Å². The second-order valence-corrected chi connectivity index (χ2v) is 11.0. The third-order valence-corrected chi connectivity index (χ3v) is 8.57. The molecule has 2 fully saturated rings. The molecular weight excluding hydrogens is 438 g/mol. The van der Waals surface area contributed by atoms with Crippen LogP contribution in [-0.4, -0.2) is 44.2 Å². The van der Waals surface area contributed by atoms with E-state index >= 15 is 0 Å². The van der Waals surface area contributed by atoms with Gasteiger partial charge in [-0.25, -0.2) is 8.42 Å². The van der Waals surface area contributed by atoms with Crippen LogP contribution in [0, 0.1) is 11.8 Å². The molecule has 2 aliphatic rings. The quantitative estimate of drug-likeness (QED) is 0.700. The van der Waals surface area contributed by atoms with Crippen molar-refractivity contribution in [2.24, 2.45) is 11.8 Å². The Balaban J connectivity index is 1.38. The van der Waals surface area contributed by atoms with E-state index < -0.39 is 15.9 Å². The molecule has 0 aliphatic carbocycles. The number of carbonyl (C=O) groups excluding carboxylic acids is 2. The number of benzene rings is 2. The lowest BCUT2D eigenvalue weighted by molar-refractivity contribution is -0.122. The van der Waals surface area contributed by atoms with Crippen LogP contribution in [0.5, 0.6) is 0 Å². The van der Waals surface area contributed by atoms with Crippen LogP contribution < -0.4 is 10.2 Å². The summed E-state index contributed by atoms with van der Waals surface area (Å²) in [5, 5.41) is 2.83. The van der Waals surface area contributed by atoms with Gasteiger partial charge >= 0.3 is 0 Å². The molecular formula is C25H31N3O4S. The molecule has 0 saturated carbocycles. The summed E-state index contributed by atoms with van der Waals surface area (Å²) in [7, 11) is -3.53. The van der Waals surface area contributed by atoms with Gasteiger partial charge in [0.25, 0.3) is 0 Å². The fourth-order valence-corrected chi connectivity index (χ4v) is 5.84. The lowest BCUT2D eigenvalue weighted by Gasteiger charge is -2.29. The number of hydrogen-bond donors (Lipinski definition) is 1. The Morgan fingerprint density at radius 2 is 1.67 bits per heavy atom. The van der Waals surface area contributed by atoms with E-state index in [1.807, 2.05) is 24.3 Å². The molecule has 4 rings (SSSR count). The summed E-state index contributed by atoms with van der Waals surface area (Å²) >= 11 is 0. The van der Waals surface area contributed by atoms with Gasteiger partial charge in [0, 0.05) is 37.4 Å². The van der Waals surface area contributed by atoms with E-state index in [0.29, 0.717) is 31.2 Å². The molecule has 0 spiro atoms. The first-order chi connectivity index (χ1) is 15.8.